The van der Waals surface area contributed by atoms with E-state index in [9.17, 15) is 0 Å². The topological polar surface area (TPSA) is 26.0 Å². The van der Waals surface area contributed by atoms with E-state index in [1.807, 2.05) is 0 Å². The Bertz CT molecular complexity index is 289. The molecule has 0 aromatic heterocycles. The zero-order chi connectivity index (χ0) is 11.6. The van der Waals surface area contributed by atoms with Gasteiger partial charge in [0.2, 0.25) is 0 Å². The van der Waals surface area contributed by atoms with Gasteiger partial charge in [0, 0.05) is 0 Å². The Labute approximate surface area is 106 Å². The summed E-state index contributed by atoms with van der Waals surface area (Å²) >= 11 is 0. The van der Waals surface area contributed by atoms with Crippen molar-refractivity contribution in [2.45, 2.75) is 51.9 Å². The smallest absolute Gasteiger partial charge is 0.00179 e. The van der Waals surface area contributed by atoms with Crippen molar-refractivity contribution in [2.24, 2.45) is 46.7 Å². The summed E-state index contributed by atoms with van der Waals surface area (Å²) in [4.78, 5) is 0. The first-order valence-corrected chi connectivity index (χ1v) is 7.92. The summed E-state index contributed by atoms with van der Waals surface area (Å²) in [6.45, 7) is 3.50. The lowest BCUT2D eigenvalue weighted by atomic mass is 9.48. The third-order valence-electron chi connectivity index (χ3n) is 7.14. The van der Waals surface area contributed by atoms with E-state index in [4.69, 9.17) is 5.73 Å². The molecule has 5 rings (SSSR count). The van der Waals surface area contributed by atoms with Gasteiger partial charge in [0.15, 0.2) is 0 Å². The monoisotopic (exact) mass is 233 g/mol. The lowest BCUT2D eigenvalue weighted by Gasteiger charge is -2.57. The Hall–Kier alpha value is -0.0400. The van der Waals surface area contributed by atoms with Crippen molar-refractivity contribution in [1.29, 1.82) is 0 Å². The van der Waals surface area contributed by atoms with Crippen LogP contribution in [0.1, 0.15) is 51.9 Å². The molecule has 1 heteroatoms. The molecule has 1 atom stereocenters. The van der Waals surface area contributed by atoms with Crippen LogP contribution >= 0.6 is 0 Å². The Morgan fingerprint density at radius 1 is 1.00 bits per heavy atom. The van der Waals surface area contributed by atoms with E-state index in [-0.39, 0.29) is 0 Å². The van der Waals surface area contributed by atoms with Crippen LogP contribution in [0.2, 0.25) is 0 Å². The van der Waals surface area contributed by atoms with E-state index in [1.54, 1.807) is 32.1 Å². The third kappa shape index (κ3) is 1.47. The van der Waals surface area contributed by atoms with Gasteiger partial charge in [-0.05, 0) is 92.4 Å². The zero-order valence-electron chi connectivity index (χ0n) is 11.2. The van der Waals surface area contributed by atoms with E-state index >= 15 is 0 Å². The van der Waals surface area contributed by atoms with Gasteiger partial charge >= 0.3 is 0 Å². The minimum Gasteiger partial charge on any atom is -0.330 e. The van der Waals surface area contributed by atoms with Crippen LogP contribution in [0.25, 0.3) is 0 Å². The molecule has 0 aliphatic heterocycles. The number of hydrogen-bond donors (Lipinski definition) is 1. The van der Waals surface area contributed by atoms with Crippen molar-refractivity contribution in [1.82, 2.24) is 0 Å². The molecular weight excluding hydrogens is 206 g/mol. The van der Waals surface area contributed by atoms with Gasteiger partial charge in [0.05, 0.1) is 0 Å². The molecule has 5 aliphatic rings. The lowest BCUT2D eigenvalue weighted by molar-refractivity contribution is -0.0714. The minimum atomic E-state index is 0.583. The second-order valence-corrected chi connectivity index (χ2v) is 7.86. The van der Waals surface area contributed by atoms with E-state index in [0.717, 1.165) is 42.1 Å². The highest BCUT2D eigenvalue weighted by molar-refractivity contribution is 5.06. The first-order valence-electron chi connectivity index (χ1n) is 7.92. The molecule has 96 valence electrons. The quantitative estimate of drug-likeness (QED) is 0.794. The summed E-state index contributed by atoms with van der Waals surface area (Å²) in [6.07, 6.45) is 10.7. The molecule has 0 saturated heterocycles. The average Bonchev–Trinajstić information content (AvgIpc) is 3.08. The van der Waals surface area contributed by atoms with E-state index in [0.29, 0.717) is 5.41 Å². The standard InChI is InChI=1S/C16H27N/c1-10(16(9-17)2-3-16)15-13-5-11-4-12(7-13)8-14(15)6-11/h10-15H,2-9,17H2,1H3. The van der Waals surface area contributed by atoms with E-state index < -0.39 is 0 Å². The Kier molecular flexibility index (Phi) is 2.23. The molecule has 1 unspecified atom stereocenters. The van der Waals surface area contributed by atoms with Crippen molar-refractivity contribution in [3.8, 4) is 0 Å². The van der Waals surface area contributed by atoms with Gasteiger partial charge in [-0.3, -0.25) is 0 Å². The molecule has 0 radical (unpaired) electrons. The van der Waals surface area contributed by atoms with Gasteiger partial charge in [-0.1, -0.05) is 6.92 Å². The molecule has 2 N–H and O–H groups in total. The fourth-order valence-corrected chi connectivity index (χ4v) is 6.20. The second kappa shape index (κ2) is 3.50. The van der Waals surface area contributed by atoms with Crippen molar-refractivity contribution >= 4 is 0 Å². The van der Waals surface area contributed by atoms with Gasteiger partial charge in [-0.2, -0.15) is 0 Å². The first-order chi connectivity index (χ1) is 8.22. The van der Waals surface area contributed by atoms with Gasteiger partial charge in [0.1, 0.15) is 0 Å². The predicted octanol–water partition coefficient (Wildman–Crippen LogP) is 3.43. The van der Waals surface area contributed by atoms with Crippen LogP contribution in [0.5, 0.6) is 0 Å². The Morgan fingerprint density at radius 2 is 1.53 bits per heavy atom. The van der Waals surface area contributed by atoms with Crippen molar-refractivity contribution in [2.75, 3.05) is 6.54 Å². The van der Waals surface area contributed by atoms with Crippen molar-refractivity contribution < 1.29 is 0 Å². The van der Waals surface area contributed by atoms with Crippen LogP contribution in [0.15, 0.2) is 0 Å². The van der Waals surface area contributed by atoms with Gasteiger partial charge in [0.25, 0.3) is 0 Å². The fraction of sp³-hybridized carbons (Fsp3) is 1.00. The normalized spacial score (nSPS) is 51.5. The minimum absolute atomic E-state index is 0.583. The average molecular weight is 233 g/mol. The SMILES string of the molecule is CC(C1C2CC3CC(C2)CC1C3)C1(CN)CC1. The highest BCUT2D eigenvalue weighted by Gasteiger charge is 2.56. The molecule has 0 aromatic carbocycles. The second-order valence-electron chi connectivity index (χ2n) is 7.86. The molecule has 5 saturated carbocycles. The molecule has 0 amide bonds. The summed E-state index contributed by atoms with van der Waals surface area (Å²) in [5.74, 6) is 6.38. The summed E-state index contributed by atoms with van der Waals surface area (Å²) in [7, 11) is 0. The van der Waals surface area contributed by atoms with Crippen molar-refractivity contribution in [3.63, 3.8) is 0 Å². The molecular formula is C16H27N. The zero-order valence-corrected chi connectivity index (χ0v) is 11.2. The summed E-state index contributed by atoms with van der Waals surface area (Å²) in [6, 6.07) is 0. The van der Waals surface area contributed by atoms with Crippen LogP contribution in [0.3, 0.4) is 0 Å². The maximum absolute atomic E-state index is 6.06. The molecule has 4 bridgehead atoms. The first kappa shape index (κ1) is 10.8. The highest BCUT2D eigenvalue weighted by atomic mass is 14.7. The van der Waals surface area contributed by atoms with E-state index in [1.165, 1.54) is 12.8 Å². The van der Waals surface area contributed by atoms with Gasteiger partial charge < -0.3 is 5.73 Å². The molecule has 1 nitrogen and oxygen atoms in total. The molecule has 0 spiro atoms. The fourth-order valence-electron chi connectivity index (χ4n) is 6.20. The van der Waals surface area contributed by atoms with Crippen LogP contribution < -0.4 is 5.73 Å². The summed E-state index contributed by atoms with van der Waals surface area (Å²) in [5, 5.41) is 0. The maximum Gasteiger partial charge on any atom is -0.00179 e. The summed E-state index contributed by atoms with van der Waals surface area (Å²) < 4.78 is 0. The number of rotatable bonds is 3. The Morgan fingerprint density at radius 3 is 1.94 bits per heavy atom. The molecule has 5 aliphatic carbocycles. The predicted molar refractivity (Wildman–Crippen MR) is 70.4 cm³/mol. The largest absolute Gasteiger partial charge is 0.330 e. The molecule has 0 aromatic rings. The Balaban J connectivity index is 1.58. The third-order valence-corrected chi connectivity index (χ3v) is 7.14. The molecule has 5 fully saturated rings. The van der Waals surface area contributed by atoms with Crippen LogP contribution in [-0.4, -0.2) is 6.54 Å². The summed E-state index contributed by atoms with van der Waals surface area (Å²) in [5.41, 5.74) is 6.65. The highest BCUT2D eigenvalue weighted by Crippen LogP contribution is 2.64. The van der Waals surface area contributed by atoms with Gasteiger partial charge in [-0.25, -0.2) is 0 Å². The number of nitrogens with two attached hydrogens (primary N) is 1. The van der Waals surface area contributed by atoms with Crippen LogP contribution in [0.4, 0.5) is 0 Å². The van der Waals surface area contributed by atoms with Crippen LogP contribution in [0, 0.1) is 40.9 Å². The van der Waals surface area contributed by atoms with E-state index in [2.05, 4.69) is 6.92 Å². The van der Waals surface area contributed by atoms with Crippen molar-refractivity contribution in [3.05, 3.63) is 0 Å². The molecule has 17 heavy (non-hydrogen) atoms. The molecule has 0 heterocycles. The maximum atomic E-state index is 6.06. The van der Waals surface area contributed by atoms with Crippen LogP contribution in [-0.2, 0) is 0 Å². The van der Waals surface area contributed by atoms with Gasteiger partial charge in [-0.15, -0.1) is 0 Å². The number of hydrogen-bond acceptors (Lipinski definition) is 1. The lowest BCUT2D eigenvalue weighted by Crippen LogP contribution is -2.49.